The number of benzene rings is 2. The highest BCUT2D eigenvalue weighted by Crippen LogP contribution is 2.38. The molecular weight excluding hydrogens is 272 g/mol. The van der Waals surface area contributed by atoms with E-state index in [0.717, 1.165) is 11.1 Å². The Morgan fingerprint density at radius 2 is 1.77 bits per heavy atom. The zero-order valence-electron chi connectivity index (χ0n) is 12.5. The van der Waals surface area contributed by atoms with E-state index in [0.29, 0.717) is 13.2 Å². The molecule has 1 heterocycles. The Hall–Kier alpha value is -2.16. The fourth-order valence-corrected chi connectivity index (χ4v) is 2.73. The van der Waals surface area contributed by atoms with Crippen molar-refractivity contribution in [3.8, 4) is 0 Å². The minimum atomic E-state index is -0.643. The Morgan fingerprint density at radius 1 is 1.09 bits per heavy atom. The average molecular weight is 292 g/mol. The predicted octanol–water partition coefficient (Wildman–Crippen LogP) is 4.46. The van der Waals surface area contributed by atoms with Crippen LogP contribution in [0, 0.1) is 0 Å². The van der Waals surface area contributed by atoms with Gasteiger partial charge in [0.05, 0.1) is 13.2 Å². The molecule has 0 bridgehead atoms. The van der Waals surface area contributed by atoms with Crippen molar-refractivity contribution >= 4 is 0 Å². The van der Waals surface area contributed by atoms with Crippen LogP contribution >= 0.6 is 0 Å². The fourth-order valence-electron chi connectivity index (χ4n) is 2.73. The van der Waals surface area contributed by atoms with Gasteiger partial charge in [0.2, 0.25) is 0 Å². The molecule has 0 saturated carbocycles. The van der Waals surface area contributed by atoms with Crippen LogP contribution in [0.15, 0.2) is 85.5 Å². The first-order chi connectivity index (χ1) is 10.8. The van der Waals surface area contributed by atoms with Crippen molar-refractivity contribution < 1.29 is 9.47 Å². The molecule has 0 radical (unpaired) electrons. The van der Waals surface area contributed by atoms with Crippen LogP contribution < -0.4 is 0 Å². The molecule has 0 fully saturated rings. The van der Waals surface area contributed by atoms with E-state index in [1.807, 2.05) is 48.6 Å². The van der Waals surface area contributed by atoms with Gasteiger partial charge in [0.15, 0.2) is 0 Å². The number of hydrogen-bond acceptors (Lipinski definition) is 2. The largest absolute Gasteiger partial charge is 0.366 e. The highest BCUT2D eigenvalue weighted by atomic mass is 16.6. The first kappa shape index (κ1) is 14.8. The number of ether oxygens (including phenoxy) is 2. The summed E-state index contributed by atoms with van der Waals surface area (Å²) in [6.45, 7) is 5.09. The van der Waals surface area contributed by atoms with Crippen LogP contribution in [0.5, 0.6) is 0 Å². The molecule has 2 nitrogen and oxygen atoms in total. The van der Waals surface area contributed by atoms with Crippen LogP contribution in [0.1, 0.15) is 17.2 Å². The van der Waals surface area contributed by atoms with E-state index in [1.54, 1.807) is 0 Å². The van der Waals surface area contributed by atoms with Crippen LogP contribution in [-0.2, 0) is 16.1 Å². The SMILES string of the molecule is C=C[C@@]1(OCc2ccccc2)C=CCO[C@@H]1c1ccccc1. The van der Waals surface area contributed by atoms with Gasteiger partial charge in [0, 0.05) is 0 Å². The molecule has 112 valence electrons. The van der Waals surface area contributed by atoms with Crippen LogP contribution in [0.25, 0.3) is 0 Å². The van der Waals surface area contributed by atoms with Crippen molar-refractivity contribution in [1.29, 1.82) is 0 Å². The topological polar surface area (TPSA) is 18.5 Å². The van der Waals surface area contributed by atoms with Crippen molar-refractivity contribution in [3.05, 3.63) is 96.6 Å². The molecule has 1 aliphatic rings. The summed E-state index contributed by atoms with van der Waals surface area (Å²) in [7, 11) is 0. The summed E-state index contributed by atoms with van der Waals surface area (Å²) in [4.78, 5) is 0. The maximum Gasteiger partial charge on any atom is 0.135 e. The lowest BCUT2D eigenvalue weighted by molar-refractivity contribution is -0.105. The third-order valence-electron chi connectivity index (χ3n) is 3.90. The Bertz CT molecular complexity index is 633. The molecular formula is C20H20O2. The molecule has 2 aromatic rings. The molecule has 2 heteroatoms. The van der Waals surface area contributed by atoms with Crippen LogP contribution in [0.3, 0.4) is 0 Å². The van der Waals surface area contributed by atoms with Gasteiger partial charge < -0.3 is 9.47 Å². The molecule has 0 aliphatic carbocycles. The summed E-state index contributed by atoms with van der Waals surface area (Å²) >= 11 is 0. The maximum atomic E-state index is 6.24. The lowest BCUT2D eigenvalue weighted by Crippen LogP contribution is -2.39. The van der Waals surface area contributed by atoms with Crippen LogP contribution in [-0.4, -0.2) is 12.2 Å². The van der Waals surface area contributed by atoms with Crippen molar-refractivity contribution in [2.24, 2.45) is 0 Å². The summed E-state index contributed by atoms with van der Waals surface area (Å²) in [5.74, 6) is 0. The lowest BCUT2D eigenvalue weighted by atomic mass is 9.88. The van der Waals surface area contributed by atoms with Gasteiger partial charge in [-0.1, -0.05) is 79.4 Å². The Morgan fingerprint density at radius 3 is 2.45 bits per heavy atom. The second-order valence-corrected chi connectivity index (χ2v) is 5.36. The highest BCUT2D eigenvalue weighted by Gasteiger charge is 2.38. The molecule has 22 heavy (non-hydrogen) atoms. The van der Waals surface area contributed by atoms with E-state index >= 15 is 0 Å². The number of hydrogen-bond donors (Lipinski definition) is 0. The van der Waals surface area contributed by atoms with Gasteiger partial charge in [-0.05, 0) is 17.2 Å². The van der Waals surface area contributed by atoms with Gasteiger partial charge in [0.25, 0.3) is 0 Å². The van der Waals surface area contributed by atoms with Crippen LogP contribution in [0.2, 0.25) is 0 Å². The normalized spacial score (nSPS) is 24.1. The van der Waals surface area contributed by atoms with Crippen molar-refractivity contribution in [3.63, 3.8) is 0 Å². The van der Waals surface area contributed by atoms with E-state index < -0.39 is 5.60 Å². The zero-order valence-corrected chi connectivity index (χ0v) is 12.5. The second kappa shape index (κ2) is 6.73. The van der Waals surface area contributed by atoms with Crippen molar-refractivity contribution in [2.45, 2.75) is 18.3 Å². The molecule has 2 atom stereocenters. The van der Waals surface area contributed by atoms with Gasteiger partial charge in [-0.15, -0.1) is 0 Å². The molecule has 1 aliphatic heterocycles. The lowest BCUT2D eigenvalue weighted by Gasteiger charge is -2.38. The molecule has 0 N–H and O–H groups in total. The van der Waals surface area contributed by atoms with Gasteiger partial charge in [-0.3, -0.25) is 0 Å². The van der Waals surface area contributed by atoms with Gasteiger partial charge in [0.1, 0.15) is 11.7 Å². The highest BCUT2D eigenvalue weighted by molar-refractivity contribution is 5.30. The van der Waals surface area contributed by atoms with Crippen molar-refractivity contribution in [1.82, 2.24) is 0 Å². The van der Waals surface area contributed by atoms with E-state index in [-0.39, 0.29) is 6.10 Å². The smallest absolute Gasteiger partial charge is 0.135 e. The third kappa shape index (κ3) is 3.03. The fraction of sp³-hybridized carbons (Fsp3) is 0.200. The summed E-state index contributed by atoms with van der Waals surface area (Å²) in [6, 6.07) is 20.3. The van der Waals surface area contributed by atoms with Gasteiger partial charge in [-0.2, -0.15) is 0 Å². The minimum Gasteiger partial charge on any atom is -0.366 e. The predicted molar refractivity (Wildman–Crippen MR) is 88.4 cm³/mol. The second-order valence-electron chi connectivity index (χ2n) is 5.36. The Kier molecular flexibility index (Phi) is 4.52. The Labute approximate surface area is 131 Å². The molecule has 2 aromatic carbocycles. The summed E-state index contributed by atoms with van der Waals surface area (Å²) in [5, 5.41) is 0. The Balaban J connectivity index is 1.86. The molecule has 0 spiro atoms. The summed E-state index contributed by atoms with van der Waals surface area (Å²) in [5.41, 5.74) is 1.59. The molecule has 0 saturated heterocycles. The van der Waals surface area contributed by atoms with E-state index in [4.69, 9.17) is 9.47 Å². The van der Waals surface area contributed by atoms with E-state index in [9.17, 15) is 0 Å². The monoisotopic (exact) mass is 292 g/mol. The van der Waals surface area contributed by atoms with Gasteiger partial charge >= 0.3 is 0 Å². The van der Waals surface area contributed by atoms with E-state index in [1.165, 1.54) is 0 Å². The molecule has 0 unspecified atom stereocenters. The van der Waals surface area contributed by atoms with E-state index in [2.05, 4.69) is 36.9 Å². The average Bonchev–Trinajstić information content (AvgIpc) is 2.62. The first-order valence-corrected chi connectivity index (χ1v) is 7.50. The molecule has 3 rings (SSSR count). The zero-order chi connectivity index (χ0) is 15.3. The summed E-state index contributed by atoms with van der Waals surface area (Å²) < 4.78 is 12.2. The van der Waals surface area contributed by atoms with Gasteiger partial charge in [-0.25, -0.2) is 0 Å². The van der Waals surface area contributed by atoms with Crippen LogP contribution in [0.4, 0.5) is 0 Å². The summed E-state index contributed by atoms with van der Waals surface area (Å²) in [6.07, 6.45) is 5.71. The number of rotatable bonds is 5. The third-order valence-corrected chi connectivity index (χ3v) is 3.90. The molecule has 0 amide bonds. The maximum absolute atomic E-state index is 6.24. The van der Waals surface area contributed by atoms with Crippen molar-refractivity contribution in [2.75, 3.05) is 6.61 Å². The molecule has 0 aromatic heterocycles. The first-order valence-electron chi connectivity index (χ1n) is 7.50. The quantitative estimate of drug-likeness (QED) is 0.758. The standard InChI is InChI=1S/C20H20O2/c1-2-20(22-16-17-10-5-3-6-11-17)14-9-15-21-19(20)18-12-7-4-8-13-18/h2-14,19H,1,15-16H2/t19-,20-/m1/s1. The minimum absolute atomic E-state index is 0.181.